The average molecular weight is 335 g/mol. The number of hydrogen-bond acceptors (Lipinski definition) is 3. The van der Waals surface area contributed by atoms with Crippen molar-refractivity contribution in [1.82, 2.24) is 0 Å². The molecule has 0 amide bonds. The first-order valence-corrected chi connectivity index (χ1v) is 8.97. The largest absolute Gasteiger partial charge is 0.769 e. The second kappa shape index (κ2) is 19.5. The van der Waals surface area contributed by atoms with Gasteiger partial charge in [-0.3, -0.25) is 4.66 Å². The van der Waals surface area contributed by atoms with E-state index in [0.29, 0.717) is 0 Å². The van der Waals surface area contributed by atoms with Gasteiger partial charge in [0.1, 0.15) is 0 Å². The van der Waals surface area contributed by atoms with Crippen molar-refractivity contribution in [2.24, 2.45) is 0 Å². The Morgan fingerprint density at radius 1 is 1.00 bits per heavy atom. The molecule has 0 saturated carbocycles. The van der Waals surface area contributed by atoms with E-state index >= 15 is 0 Å². The Bertz CT molecular complexity index is 60.5. The molecule has 0 aliphatic rings. The zero-order valence-electron chi connectivity index (χ0n) is 7.14. The third-order valence-corrected chi connectivity index (χ3v) is 0. The topological polar surface area (TPSA) is 63.5 Å². The smallest absolute Gasteiger partial charge is 0.231 e. The summed E-state index contributed by atoms with van der Waals surface area (Å²) >= 11 is 5.26. The first kappa shape index (κ1) is 24.2. The number of rotatable bonds is 0. The van der Waals surface area contributed by atoms with Crippen LogP contribution in [-0.2, 0) is 12.3 Å². The number of halogens is 5. The predicted molar refractivity (Wildman–Crippen MR) is 53.5 cm³/mol. The van der Waals surface area contributed by atoms with Crippen molar-refractivity contribution in [2.45, 2.75) is 26.4 Å². The van der Waals surface area contributed by atoms with Crippen molar-refractivity contribution in [3.63, 3.8) is 0 Å². The minimum absolute atomic E-state index is 0.500. The molecular weight excluding hydrogens is 324 g/mol. The maximum atomic E-state index is 8.52. The maximum Gasteiger partial charge on any atom is -0.231 e. The second-order valence-corrected chi connectivity index (χ2v) is 9.28. The number of hydrogen-bond donors (Lipinski definition) is 2. The molecule has 0 saturated heterocycles. The molecule has 0 aromatic heterocycles. The minimum Gasteiger partial charge on any atom is -0.769 e. The van der Waals surface area contributed by atoms with Crippen molar-refractivity contribution < 1.29 is 26.7 Å². The molecule has 0 bridgehead atoms. The first-order valence-electron chi connectivity index (χ1n) is 2.55. The van der Waals surface area contributed by atoms with Crippen LogP contribution >= 0.6 is 53.3 Å². The average Bonchev–Trinajstić information content (AvgIpc) is 1.90. The van der Waals surface area contributed by atoms with E-state index in [2.05, 4.69) is 23.7 Å². The summed E-state index contributed by atoms with van der Waals surface area (Å²) in [7, 11) is 14.9. The van der Waals surface area contributed by atoms with Crippen molar-refractivity contribution in [1.29, 1.82) is 0 Å². The Morgan fingerprint density at radius 3 is 1.00 bits per heavy atom. The van der Waals surface area contributed by atoms with Crippen LogP contribution in [0.2, 0.25) is 0 Å². The van der Waals surface area contributed by atoms with E-state index in [1.54, 1.807) is 20.8 Å². The summed E-state index contributed by atoms with van der Waals surface area (Å²) in [6.07, 6.45) is 0. The SMILES string of the molecule is CC(C)(C)O.OCl.[Cl][V]([Cl])[Cl].[O-]Cl. The molecule has 0 fully saturated rings. The van der Waals surface area contributed by atoms with Gasteiger partial charge in [-0.1, -0.05) is 0 Å². The molecule has 0 atom stereocenters. The molecule has 0 heterocycles. The van der Waals surface area contributed by atoms with Gasteiger partial charge in [0.25, 0.3) is 0 Å². The van der Waals surface area contributed by atoms with E-state index in [9.17, 15) is 0 Å². The molecule has 0 spiro atoms. The normalized spacial score (nSPS) is 8.31. The van der Waals surface area contributed by atoms with E-state index < -0.39 is 17.9 Å². The fraction of sp³-hybridized carbons (Fsp3) is 1.00. The third-order valence-electron chi connectivity index (χ3n) is 0. The quantitative estimate of drug-likeness (QED) is 0.715. The Hall–Kier alpha value is 1.91. The predicted octanol–water partition coefficient (Wildman–Crippen LogP) is 2.48. The van der Waals surface area contributed by atoms with E-state index in [0.717, 1.165) is 0 Å². The van der Waals surface area contributed by atoms with Crippen molar-refractivity contribution >= 4 is 53.3 Å². The number of aliphatic hydroxyl groups is 1. The van der Waals surface area contributed by atoms with Crippen molar-refractivity contribution in [2.75, 3.05) is 0 Å². The molecule has 3 nitrogen and oxygen atoms in total. The van der Waals surface area contributed by atoms with Gasteiger partial charge in [0, 0.05) is 0 Å². The molecule has 0 unspecified atom stereocenters. The molecule has 0 aromatic carbocycles. The fourth-order valence-electron chi connectivity index (χ4n) is 0. The molecule has 13 heavy (non-hydrogen) atoms. The van der Waals surface area contributed by atoms with Crippen LogP contribution in [0.5, 0.6) is 0 Å². The van der Waals surface area contributed by atoms with Crippen LogP contribution in [-0.4, -0.2) is 15.4 Å². The molecule has 86 valence electrons. The summed E-state index contributed by atoms with van der Waals surface area (Å²) in [6.45, 7) is 5.23. The van der Waals surface area contributed by atoms with E-state index in [4.69, 9.17) is 44.0 Å². The Labute approximate surface area is 106 Å². The van der Waals surface area contributed by atoms with Crippen LogP contribution in [0.3, 0.4) is 0 Å². The zero-order valence-corrected chi connectivity index (χ0v) is 12.3. The summed E-state index contributed by atoms with van der Waals surface area (Å²) in [5.74, 6) is 0. The van der Waals surface area contributed by atoms with Crippen LogP contribution in [0.1, 0.15) is 20.8 Å². The molecule has 2 N–H and O–H groups in total. The van der Waals surface area contributed by atoms with Crippen LogP contribution < -0.4 is 4.66 Å². The van der Waals surface area contributed by atoms with Crippen LogP contribution in [0.4, 0.5) is 0 Å². The van der Waals surface area contributed by atoms with Gasteiger partial charge in [-0.25, -0.2) is 11.9 Å². The molecule has 0 aliphatic carbocycles. The second-order valence-electron chi connectivity index (χ2n) is 2.36. The maximum absolute atomic E-state index is 8.52. The Balaban J connectivity index is -0.0000000457. The van der Waals surface area contributed by atoms with Gasteiger partial charge in [0.05, 0.1) is 17.5 Å². The molecule has 9 heteroatoms. The molecule has 0 rings (SSSR count). The fourth-order valence-corrected chi connectivity index (χ4v) is 0. The minimum atomic E-state index is -1.77. The van der Waals surface area contributed by atoms with Crippen molar-refractivity contribution in [3.05, 3.63) is 0 Å². The van der Waals surface area contributed by atoms with Gasteiger partial charge < -0.3 is 9.77 Å². The zero-order chi connectivity index (χ0) is 12.1. The van der Waals surface area contributed by atoms with Gasteiger partial charge in [0.15, 0.2) is 0 Å². The summed E-state index contributed by atoms with van der Waals surface area (Å²) < 4.78 is 14.2. The van der Waals surface area contributed by atoms with Gasteiger partial charge >= 0.3 is 41.8 Å². The summed E-state index contributed by atoms with van der Waals surface area (Å²) in [4.78, 5) is 0. The van der Waals surface area contributed by atoms with Gasteiger partial charge in [-0.15, -0.1) is 0 Å². The molecular formula is C4H11Cl5O3V-. The summed E-state index contributed by atoms with van der Waals surface area (Å²) in [5, 5.41) is 8.52. The Kier molecular flexibility index (Phi) is 36.3. The van der Waals surface area contributed by atoms with E-state index in [1.807, 2.05) is 0 Å². The summed E-state index contributed by atoms with van der Waals surface area (Å²) in [6, 6.07) is 0. The third kappa shape index (κ3) is 539. The van der Waals surface area contributed by atoms with E-state index in [-0.39, 0.29) is 0 Å². The summed E-state index contributed by atoms with van der Waals surface area (Å²) in [5.41, 5.74) is -0.500. The van der Waals surface area contributed by atoms with Crippen molar-refractivity contribution in [3.8, 4) is 0 Å². The van der Waals surface area contributed by atoms with Crippen LogP contribution in [0, 0.1) is 0 Å². The Morgan fingerprint density at radius 2 is 1.00 bits per heavy atom. The van der Waals surface area contributed by atoms with E-state index in [1.165, 1.54) is 0 Å². The van der Waals surface area contributed by atoms with Crippen LogP contribution in [0.25, 0.3) is 0 Å². The monoisotopic (exact) mass is 333 g/mol. The van der Waals surface area contributed by atoms with Gasteiger partial charge in [-0.05, 0) is 20.8 Å². The first-order chi connectivity index (χ1) is 5.73. The molecule has 0 aliphatic heterocycles. The van der Waals surface area contributed by atoms with Gasteiger partial charge in [0.2, 0.25) is 0 Å². The van der Waals surface area contributed by atoms with Gasteiger partial charge in [-0.2, -0.15) is 0 Å². The van der Waals surface area contributed by atoms with Crippen LogP contribution in [0.15, 0.2) is 0 Å². The standard InChI is InChI=1S/C4H10O.ClHO.ClO.3ClH.V/c1-4(2,3)5;2*1-2;;;;/h5H,1-3H3;2H;;3*1H;/q;;-1;;;;+3/p-3. The molecule has 0 radical (unpaired) electrons. The molecule has 0 aromatic rings.